The molecule has 3 N–H and O–H groups in total. The van der Waals surface area contributed by atoms with Crippen molar-refractivity contribution in [3.8, 4) is 0 Å². The van der Waals surface area contributed by atoms with Gasteiger partial charge in [-0.05, 0) is 72.5 Å². The Morgan fingerprint density at radius 2 is 1.16 bits per heavy atom. The Hall–Kier alpha value is -7.49. The van der Waals surface area contributed by atoms with E-state index in [1.165, 1.54) is 57.2 Å². The van der Waals surface area contributed by atoms with E-state index >= 15 is 4.39 Å². The van der Waals surface area contributed by atoms with Crippen molar-refractivity contribution < 1.29 is 36.6 Å². The standard InChI is InChI=1S/C27H20F2N4O2S2.C20H17ClN2O2S.C7H4F2N2S/c1-15-17(8-10-33(15)27(34)35-13-16-5-3-2-4-6-16)21-11-18-20(7-9-30-26(18)37-21)32-24-19(28)12-22-25(23(24)29)31-14-36-22;1-13-15(18-11-16-17(21)7-9-22-19(16)26-18)8-10-23(13)20(24)25-12-14-5-3-2-4-6-14;8-3-1-4-7(11-2-12-4)5(9)6(3)10/h2-9,11-12,14-15H,10,13H2,1H3,(H,30,32);2-9,11,13H,10,12H2,1H3;1-2H,10H2. The molecule has 6 aromatic heterocycles. The fraction of sp³-hybridized carbons (Fsp3) is 0.148. The maximum absolute atomic E-state index is 15.0. The maximum atomic E-state index is 15.0. The molecule has 21 heteroatoms. The Bertz CT molecular complexity index is 3820. The number of halogens is 5. The summed E-state index contributed by atoms with van der Waals surface area (Å²) in [5, 5.41) is 5.30. The van der Waals surface area contributed by atoms with E-state index in [9.17, 15) is 22.8 Å². The first kappa shape index (κ1) is 51.0. The summed E-state index contributed by atoms with van der Waals surface area (Å²) < 4.78 is 67.5. The number of hydrogen-bond donors (Lipinski definition) is 2. The summed E-state index contributed by atoms with van der Waals surface area (Å²) in [6, 6.07) is 28.9. The van der Waals surface area contributed by atoms with Crippen LogP contribution in [0.2, 0.25) is 5.02 Å². The zero-order valence-electron chi connectivity index (χ0n) is 39.6. The number of fused-ring (bicyclic) bond motifs is 4. The van der Waals surface area contributed by atoms with Crippen LogP contribution in [0.15, 0.2) is 133 Å². The van der Waals surface area contributed by atoms with Gasteiger partial charge in [-0.1, -0.05) is 84.4 Å². The molecule has 0 aliphatic carbocycles. The van der Waals surface area contributed by atoms with Crippen LogP contribution in [0, 0.1) is 23.3 Å². The first-order valence-electron chi connectivity index (χ1n) is 23.1. The SMILES string of the molecule is CC1C(c2cc3c(Cl)ccnc3s2)=CCN1C(=O)OCc1ccccc1.CC1C(c2cc3c(Nc4c(F)cc5scnc5c4F)ccnc3s2)=CCN1C(=O)OCc1ccccc1.Nc1c(F)cc2scnc2c1F. The van der Waals surface area contributed by atoms with E-state index in [0.717, 1.165) is 47.6 Å². The van der Waals surface area contributed by atoms with Gasteiger partial charge >= 0.3 is 12.2 Å². The van der Waals surface area contributed by atoms with Crippen molar-refractivity contribution in [2.75, 3.05) is 24.1 Å². The van der Waals surface area contributed by atoms with Crippen LogP contribution in [0.3, 0.4) is 0 Å². The van der Waals surface area contributed by atoms with Crippen molar-refractivity contribution in [2.24, 2.45) is 0 Å². The predicted molar refractivity (Wildman–Crippen MR) is 293 cm³/mol. The summed E-state index contributed by atoms with van der Waals surface area (Å²) in [5.41, 5.74) is 12.1. The number of nitrogens with two attached hydrogens (primary N) is 1. The van der Waals surface area contributed by atoms with Gasteiger partial charge in [0.05, 0.1) is 43.2 Å². The second-order valence-electron chi connectivity index (χ2n) is 17.0. The minimum Gasteiger partial charge on any atom is -0.445 e. The van der Waals surface area contributed by atoms with Gasteiger partial charge in [0, 0.05) is 46.0 Å². The van der Waals surface area contributed by atoms with Gasteiger partial charge in [-0.3, -0.25) is 9.80 Å². The molecule has 75 heavy (non-hydrogen) atoms. The van der Waals surface area contributed by atoms with E-state index in [4.69, 9.17) is 26.8 Å². The fourth-order valence-corrected chi connectivity index (χ4v) is 12.4. The summed E-state index contributed by atoms with van der Waals surface area (Å²) in [4.78, 5) is 48.8. The lowest BCUT2D eigenvalue weighted by molar-refractivity contribution is 0.0970. The number of ether oxygens (including phenoxy) is 2. The van der Waals surface area contributed by atoms with Crippen LogP contribution in [0.25, 0.3) is 52.0 Å². The second-order valence-corrected chi connectivity index (χ2v) is 21.3. The number of amides is 2. The van der Waals surface area contributed by atoms with Crippen LogP contribution in [0.4, 0.5) is 44.2 Å². The first-order chi connectivity index (χ1) is 36.3. The van der Waals surface area contributed by atoms with Gasteiger partial charge in [-0.2, -0.15) is 0 Å². The summed E-state index contributed by atoms with van der Waals surface area (Å²) in [7, 11) is 0. The van der Waals surface area contributed by atoms with E-state index < -0.39 is 29.0 Å². The molecule has 0 spiro atoms. The molecule has 0 saturated heterocycles. The molecule has 12 nitrogen and oxygen atoms in total. The summed E-state index contributed by atoms with van der Waals surface area (Å²) in [6.07, 6.45) is 6.71. The van der Waals surface area contributed by atoms with E-state index in [-0.39, 0.29) is 54.2 Å². The molecule has 0 fully saturated rings. The van der Waals surface area contributed by atoms with Gasteiger partial charge < -0.3 is 20.5 Å². The molecule has 4 aromatic carbocycles. The Labute approximate surface area is 447 Å². The van der Waals surface area contributed by atoms with E-state index in [1.54, 1.807) is 45.7 Å². The highest BCUT2D eigenvalue weighted by atomic mass is 35.5. The number of thiazole rings is 2. The zero-order valence-corrected chi connectivity index (χ0v) is 43.6. The Morgan fingerprint density at radius 1 is 0.667 bits per heavy atom. The lowest BCUT2D eigenvalue weighted by atomic mass is 10.1. The Balaban J connectivity index is 0.000000145. The number of hydrogen-bond acceptors (Lipinski definition) is 14. The van der Waals surface area contributed by atoms with Gasteiger partial charge in [0.1, 0.15) is 45.3 Å². The highest BCUT2D eigenvalue weighted by Gasteiger charge is 2.32. The van der Waals surface area contributed by atoms with Crippen LogP contribution in [0.1, 0.15) is 34.7 Å². The molecule has 0 bridgehead atoms. The van der Waals surface area contributed by atoms with E-state index in [2.05, 4.69) is 37.4 Å². The molecule has 2 atom stereocenters. The van der Waals surface area contributed by atoms with Gasteiger partial charge in [-0.25, -0.2) is 47.1 Å². The molecule has 10 aromatic rings. The topological polar surface area (TPSA) is 149 Å². The molecule has 12 rings (SSSR count). The first-order valence-corrected chi connectivity index (χ1v) is 26.8. The maximum Gasteiger partial charge on any atom is 0.410 e. The number of carbonyl (C=O) groups excluding carboxylic acids is 2. The quantitative estimate of drug-likeness (QED) is 0.111. The van der Waals surface area contributed by atoms with E-state index in [1.807, 2.05) is 86.7 Å². The third kappa shape index (κ3) is 10.7. The molecular weight excluding hydrogens is 1060 g/mol. The lowest BCUT2D eigenvalue weighted by Crippen LogP contribution is -2.35. The largest absolute Gasteiger partial charge is 0.445 e. The van der Waals surface area contributed by atoms with E-state index in [0.29, 0.717) is 38.0 Å². The van der Waals surface area contributed by atoms with Crippen molar-refractivity contribution in [1.29, 1.82) is 0 Å². The van der Waals surface area contributed by atoms with Crippen LogP contribution in [0.5, 0.6) is 0 Å². The number of anilines is 3. The molecule has 2 amide bonds. The normalized spacial score (nSPS) is 15.1. The summed E-state index contributed by atoms with van der Waals surface area (Å²) >= 11 is 11.7. The Morgan fingerprint density at radius 3 is 1.71 bits per heavy atom. The van der Waals surface area contributed by atoms with Crippen molar-refractivity contribution in [3.05, 3.63) is 182 Å². The summed E-state index contributed by atoms with van der Waals surface area (Å²) in [5.74, 6) is -2.92. The smallest absolute Gasteiger partial charge is 0.410 e. The average Bonchev–Trinajstić information content (AvgIpc) is 4.31. The number of benzene rings is 4. The second kappa shape index (κ2) is 22.2. The van der Waals surface area contributed by atoms with Crippen LogP contribution in [-0.2, 0) is 22.7 Å². The minimum atomic E-state index is -0.772. The number of carbonyl (C=O) groups is 2. The predicted octanol–water partition coefficient (Wildman–Crippen LogP) is 14.9. The molecular formula is C54H41ClF4N8O4S4. The minimum absolute atomic E-state index is 0.0508. The molecule has 0 saturated carbocycles. The van der Waals surface area contributed by atoms with Gasteiger partial charge in [0.25, 0.3) is 0 Å². The fourth-order valence-electron chi connectivity index (χ4n) is 8.44. The van der Waals surface area contributed by atoms with Crippen molar-refractivity contribution in [2.45, 2.75) is 39.1 Å². The van der Waals surface area contributed by atoms with Gasteiger partial charge in [0.15, 0.2) is 23.3 Å². The highest BCUT2D eigenvalue weighted by Crippen LogP contribution is 2.41. The van der Waals surface area contributed by atoms with Crippen LogP contribution >= 0.6 is 56.9 Å². The summed E-state index contributed by atoms with van der Waals surface area (Å²) in [6.45, 7) is 5.43. The molecule has 2 aliphatic heterocycles. The monoisotopic (exact) mass is 1100 g/mol. The van der Waals surface area contributed by atoms with Gasteiger partial charge in [-0.15, -0.1) is 45.3 Å². The average molecular weight is 1110 g/mol. The molecule has 380 valence electrons. The Kier molecular flexibility index (Phi) is 15.1. The van der Waals surface area contributed by atoms with Crippen molar-refractivity contribution in [1.82, 2.24) is 29.7 Å². The highest BCUT2D eigenvalue weighted by molar-refractivity contribution is 7.20. The van der Waals surface area contributed by atoms with Crippen LogP contribution in [-0.4, -0.2) is 67.1 Å². The zero-order chi connectivity index (χ0) is 52.3. The number of thiophene rings is 2. The molecule has 2 unspecified atom stereocenters. The van der Waals surface area contributed by atoms with Crippen LogP contribution < -0.4 is 11.1 Å². The third-order valence-corrected chi connectivity index (χ3v) is 16.5. The molecule has 0 radical (unpaired) electrons. The molecule has 8 heterocycles. The number of pyridine rings is 2. The number of rotatable bonds is 8. The third-order valence-electron chi connectivity index (χ3n) is 12.5. The number of nitrogen functional groups attached to an aromatic ring is 1. The number of nitrogens with one attached hydrogen (secondary N) is 1. The lowest BCUT2D eigenvalue weighted by Gasteiger charge is -2.23. The number of nitrogens with zero attached hydrogens (tertiary/aromatic N) is 6. The van der Waals surface area contributed by atoms with Crippen molar-refractivity contribution >= 4 is 138 Å². The van der Waals surface area contributed by atoms with Gasteiger partial charge in [0.2, 0.25) is 0 Å². The number of aromatic nitrogens is 4. The van der Waals surface area contributed by atoms with Crippen molar-refractivity contribution in [3.63, 3.8) is 0 Å². The molecule has 2 aliphatic rings.